The van der Waals surface area contributed by atoms with Crippen molar-refractivity contribution in [2.75, 3.05) is 13.2 Å². The number of hydrogen-bond acceptors (Lipinski definition) is 4. The Labute approximate surface area is 201 Å². The van der Waals surface area contributed by atoms with Crippen molar-refractivity contribution in [2.24, 2.45) is 10.2 Å². The molecule has 0 aliphatic rings. The minimum Gasteiger partial charge on any atom is -0.494 e. The summed E-state index contributed by atoms with van der Waals surface area (Å²) in [6.45, 7) is 4.36. The highest BCUT2D eigenvalue weighted by atomic mass is 19.2. The lowest BCUT2D eigenvalue weighted by Gasteiger charge is -2.10. The van der Waals surface area contributed by atoms with Gasteiger partial charge in [-0.1, -0.05) is 32.1 Å². The molecule has 8 heteroatoms. The van der Waals surface area contributed by atoms with Crippen molar-refractivity contribution < 1.29 is 27.0 Å². The SMILES string of the molecule is CCCCOc1ccc(N=Nc2ccc(C#Cc3c(F)c(F)c(OCCC)c(F)c3F)cc2)cc1. The molecule has 0 amide bonds. The zero-order valence-corrected chi connectivity index (χ0v) is 19.4. The predicted octanol–water partition coefficient (Wildman–Crippen LogP) is 8.03. The van der Waals surface area contributed by atoms with Crippen molar-refractivity contribution in [3.8, 4) is 23.3 Å². The third-order valence-electron chi connectivity index (χ3n) is 4.76. The van der Waals surface area contributed by atoms with Crippen molar-refractivity contribution in [3.63, 3.8) is 0 Å². The van der Waals surface area contributed by atoms with E-state index in [0.717, 1.165) is 18.6 Å². The van der Waals surface area contributed by atoms with Gasteiger partial charge in [0.05, 0.1) is 24.6 Å². The average molecular weight is 484 g/mol. The van der Waals surface area contributed by atoms with E-state index in [0.29, 0.717) is 30.0 Å². The van der Waals surface area contributed by atoms with E-state index in [2.05, 4.69) is 29.0 Å². The normalized spacial score (nSPS) is 10.8. The molecule has 0 N–H and O–H groups in total. The molecule has 3 aromatic carbocycles. The number of rotatable bonds is 9. The molecule has 4 nitrogen and oxygen atoms in total. The Balaban J connectivity index is 1.70. The molecule has 35 heavy (non-hydrogen) atoms. The zero-order chi connectivity index (χ0) is 25.2. The number of hydrogen-bond donors (Lipinski definition) is 0. The maximum Gasteiger partial charge on any atom is 0.205 e. The van der Waals surface area contributed by atoms with Gasteiger partial charge in [-0.3, -0.25) is 0 Å². The van der Waals surface area contributed by atoms with E-state index in [1.165, 1.54) is 0 Å². The van der Waals surface area contributed by atoms with Gasteiger partial charge in [0, 0.05) is 5.56 Å². The number of unbranched alkanes of at least 4 members (excludes halogenated alkanes) is 1. The van der Waals surface area contributed by atoms with Gasteiger partial charge in [0.25, 0.3) is 0 Å². The summed E-state index contributed by atoms with van der Waals surface area (Å²) in [7, 11) is 0. The summed E-state index contributed by atoms with van der Waals surface area (Å²) in [6, 6.07) is 13.5. The summed E-state index contributed by atoms with van der Waals surface area (Å²) >= 11 is 0. The van der Waals surface area contributed by atoms with Crippen LogP contribution in [0.3, 0.4) is 0 Å². The zero-order valence-electron chi connectivity index (χ0n) is 19.4. The van der Waals surface area contributed by atoms with Crippen molar-refractivity contribution in [3.05, 3.63) is 82.9 Å². The standard InChI is InChI=1S/C27H24F4N2O2/c1-3-5-17-34-21-13-11-20(12-14-21)33-32-19-9-6-18(7-10-19)8-15-22-23(28)25(30)27(35-16-4-2)26(31)24(22)29/h6-7,9-14H,3-5,16-17H2,1-2H3. The Morgan fingerprint density at radius 2 is 1.23 bits per heavy atom. The highest BCUT2D eigenvalue weighted by Crippen LogP contribution is 2.30. The van der Waals surface area contributed by atoms with Gasteiger partial charge in [0.15, 0.2) is 17.4 Å². The minimum absolute atomic E-state index is 0.0831. The molecule has 0 aliphatic carbocycles. The van der Waals surface area contributed by atoms with Crippen LogP contribution in [0, 0.1) is 35.1 Å². The third kappa shape index (κ3) is 6.82. The molecular formula is C27H24F4N2O2. The Bertz CT molecular complexity index is 1200. The topological polar surface area (TPSA) is 43.2 Å². The summed E-state index contributed by atoms with van der Waals surface area (Å²) in [5.74, 6) is -2.09. The number of azo groups is 1. The molecule has 0 aliphatic heterocycles. The van der Waals surface area contributed by atoms with Gasteiger partial charge in [0.2, 0.25) is 11.6 Å². The highest BCUT2D eigenvalue weighted by molar-refractivity contribution is 5.50. The molecule has 3 rings (SSSR count). The first kappa shape index (κ1) is 25.8. The van der Waals surface area contributed by atoms with Gasteiger partial charge in [-0.2, -0.15) is 19.0 Å². The second-order valence-corrected chi connectivity index (χ2v) is 7.50. The predicted molar refractivity (Wildman–Crippen MR) is 126 cm³/mol. The number of nitrogens with zero attached hydrogens (tertiary/aromatic N) is 2. The molecule has 0 aromatic heterocycles. The first-order valence-corrected chi connectivity index (χ1v) is 11.2. The van der Waals surface area contributed by atoms with Gasteiger partial charge >= 0.3 is 0 Å². The molecule has 0 atom stereocenters. The van der Waals surface area contributed by atoms with Crippen LogP contribution >= 0.6 is 0 Å². The molecule has 3 aromatic rings. The van der Waals surface area contributed by atoms with Crippen LogP contribution in [0.25, 0.3) is 0 Å². The Morgan fingerprint density at radius 1 is 0.657 bits per heavy atom. The maximum absolute atomic E-state index is 14.3. The second kappa shape index (κ2) is 12.6. The molecule has 0 radical (unpaired) electrons. The lowest BCUT2D eigenvalue weighted by molar-refractivity contribution is 0.271. The molecule has 0 bridgehead atoms. The molecule has 0 saturated carbocycles. The quantitative estimate of drug-likeness (QED) is 0.101. The summed E-state index contributed by atoms with van der Waals surface area (Å²) in [5.41, 5.74) is 0.516. The fourth-order valence-electron chi connectivity index (χ4n) is 2.86. The van der Waals surface area contributed by atoms with Crippen molar-refractivity contribution in [1.29, 1.82) is 0 Å². The highest BCUT2D eigenvalue weighted by Gasteiger charge is 2.25. The monoisotopic (exact) mass is 484 g/mol. The summed E-state index contributed by atoms with van der Waals surface area (Å²) < 4.78 is 67.1. The van der Waals surface area contributed by atoms with Crippen LogP contribution in [0.5, 0.6) is 11.5 Å². The molecule has 0 spiro atoms. The minimum atomic E-state index is -1.61. The van der Waals surface area contributed by atoms with E-state index in [9.17, 15) is 17.6 Å². The van der Waals surface area contributed by atoms with Crippen LogP contribution in [-0.2, 0) is 0 Å². The summed E-state index contributed by atoms with van der Waals surface area (Å²) in [5, 5.41) is 8.28. The van der Waals surface area contributed by atoms with Gasteiger partial charge in [-0.05, 0) is 61.4 Å². The van der Waals surface area contributed by atoms with Gasteiger partial charge in [0.1, 0.15) is 11.3 Å². The fourth-order valence-corrected chi connectivity index (χ4v) is 2.86. The maximum atomic E-state index is 14.3. The van der Waals surface area contributed by atoms with E-state index in [-0.39, 0.29) is 6.61 Å². The first-order chi connectivity index (χ1) is 16.9. The Morgan fingerprint density at radius 3 is 1.77 bits per heavy atom. The van der Waals surface area contributed by atoms with Crippen LogP contribution in [0.4, 0.5) is 28.9 Å². The smallest absolute Gasteiger partial charge is 0.205 e. The fraction of sp³-hybridized carbons (Fsp3) is 0.259. The molecule has 0 fully saturated rings. The van der Waals surface area contributed by atoms with Crippen molar-refractivity contribution >= 4 is 11.4 Å². The largest absolute Gasteiger partial charge is 0.494 e. The number of benzene rings is 3. The van der Waals surface area contributed by atoms with Crippen LogP contribution < -0.4 is 9.47 Å². The van der Waals surface area contributed by atoms with E-state index in [1.54, 1.807) is 43.3 Å². The average Bonchev–Trinajstić information content (AvgIpc) is 2.88. The Hall–Kier alpha value is -3.86. The Kier molecular flexibility index (Phi) is 9.24. The van der Waals surface area contributed by atoms with E-state index < -0.39 is 34.6 Å². The molecule has 0 heterocycles. The van der Waals surface area contributed by atoms with Gasteiger partial charge in [-0.15, -0.1) is 0 Å². The van der Waals surface area contributed by atoms with E-state index in [1.807, 2.05) is 12.1 Å². The molecule has 0 unspecified atom stereocenters. The number of halogens is 4. The number of ether oxygens (including phenoxy) is 2. The van der Waals surface area contributed by atoms with E-state index >= 15 is 0 Å². The van der Waals surface area contributed by atoms with Crippen LogP contribution in [0.15, 0.2) is 58.8 Å². The summed E-state index contributed by atoms with van der Waals surface area (Å²) in [4.78, 5) is 0. The summed E-state index contributed by atoms with van der Waals surface area (Å²) in [6.07, 6.45) is 2.46. The van der Waals surface area contributed by atoms with Crippen molar-refractivity contribution in [1.82, 2.24) is 0 Å². The van der Waals surface area contributed by atoms with Crippen LogP contribution in [0.1, 0.15) is 44.2 Å². The van der Waals surface area contributed by atoms with Gasteiger partial charge < -0.3 is 9.47 Å². The van der Waals surface area contributed by atoms with Gasteiger partial charge in [-0.25, -0.2) is 8.78 Å². The lowest BCUT2D eigenvalue weighted by Crippen LogP contribution is -2.07. The van der Waals surface area contributed by atoms with Crippen LogP contribution in [0.2, 0.25) is 0 Å². The molecule has 0 saturated heterocycles. The van der Waals surface area contributed by atoms with Crippen molar-refractivity contribution in [2.45, 2.75) is 33.1 Å². The third-order valence-corrected chi connectivity index (χ3v) is 4.76. The second-order valence-electron chi connectivity index (χ2n) is 7.50. The lowest BCUT2D eigenvalue weighted by atomic mass is 10.1. The molecular weight excluding hydrogens is 460 g/mol. The van der Waals surface area contributed by atoms with Crippen LogP contribution in [-0.4, -0.2) is 13.2 Å². The van der Waals surface area contributed by atoms with E-state index in [4.69, 9.17) is 9.47 Å². The first-order valence-electron chi connectivity index (χ1n) is 11.2. The molecule has 182 valence electrons.